The minimum atomic E-state index is -0.120. The summed E-state index contributed by atoms with van der Waals surface area (Å²) in [6, 6.07) is 0. The zero-order valence-corrected chi connectivity index (χ0v) is 11.9. The van der Waals surface area contributed by atoms with Crippen LogP contribution in [-0.2, 0) is 4.79 Å². The van der Waals surface area contributed by atoms with Gasteiger partial charge in [0.2, 0.25) is 17.8 Å². The summed E-state index contributed by atoms with van der Waals surface area (Å²) in [5, 5.41) is 12.4. The minimum absolute atomic E-state index is 0.0873. The van der Waals surface area contributed by atoms with Crippen LogP contribution in [0, 0.1) is 0 Å². The highest BCUT2D eigenvalue weighted by molar-refractivity contribution is 5.80. The first-order chi connectivity index (χ1) is 10.2. The maximum absolute atomic E-state index is 11.6. The fourth-order valence-corrected chi connectivity index (χ4v) is 1.46. The number of carbonyl (C=O) groups excluding carboxylic acids is 1. The second kappa shape index (κ2) is 7.12. The molecule has 0 fully saturated rings. The number of aromatic nitrogens is 6. The van der Waals surface area contributed by atoms with Crippen molar-refractivity contribution >= 4 is 17.8 Å². The number of anilines is 2. The van der Waals surface area contributed by atoms with Crippen LogP contribution >= 0.6 is 0 Å². The summed E-state index contributed by atoms with van der Waals surface area (Å²) in [7, 11) is 1.69. The van der Waals surface area contributed by atoms with Gasteiger partial charge < -0.3 is 16.0 Å². The predicted octanol–water partition coefficient (Wildman–Crippen LogP) is -0.568. The molecule has 0 spiro atoms. The van der Waals surface area contributed by atoms with Crippen LogP contribution in [0.1, 0.15) is 13.3 Å². The lowest BCUT2D eigenvalue weighted by atomic mass is 10.4. The molecule has 2 aromatic heterocycles. The van der Waals surface area contributed by atoms with Gasteiger partial charge in [-0.05, 0) is 6.42 Å². The average Bonchev–Trinajstić information content (AvgIpc) is 3.05. The molecule has 0 unspecified atom stereocenters. The van der Waals surface area contributed by atoms with E-state index in [2.05, 4.69) is 41.0 Å². The third kappa shape index (κ3) is 4.09. The number of hydrogen-bond acceptors (Lipinski definition) is 8. The molecule has 0 bridgehead atoms. The molecule has 112 valence electrons. The Kier molecular flexibility index (Phi) is 4.96. The Labute approximate surface area is 121 Å². The van der Waals surface area contributed by atoms with Crippen molar-refractivity contribution in [1.29, 1.82) is 0 Å². The molecule has 2 heterocycles. The topological polar surface area (TPSA) is 123 Å². The van der Waals surface area contributed by atoms with Crippen LogP contribution in [0.25, 0.3) is 5.95 Å². The molecule has 2 aromatic rings. The van der Waals surface area contributed by atoms with E-state index in [1.165, 1.54) is 17.3 Å². The van der Waals surface area contributed by atoms with Crippen LogP contribution in [0.5, 0.6) is 0 Å². The lowest BCUT2D eigenvalue weighted by Crippen LogP contribution is -2.30. The number of rotatable bonds is 7. The zero-order valence-electron chi connectivity index (χ0n) is 11.9. The van der Waals surface area contributed by atoms with Gasteiger partial charge in [-0.1, -0.05) is 6.92 Å². The van der Waals surface area contributed by atoms with Gasteiger partial charge >= 0.3 is 0 Å². The van der Waals surface area contributed by atoms with Gasteiger partial charge in [0.05, 0.1) is 6.54 Å². The molecule has 10 heteroatoms. The van der Waals surface area contributed by atoms with Crippen LogP contribution in [0.4, 0.5) is 11.9 Å². The molecule has 10 nitrogen and oxygen atoms in total. The number of hydrogen-bond donors (Lipinski definition) is 3. The Bertz CT molecular complexity index is 583. The van der Waals surface area contributed by atoms with Crippen molar-refractivity contribution in [3.05, 3.63) is 12.7 Å². The quantitative estimate of drug-likeness (QED) is 0.620. The van der Waals surface area contributed by atoms with E-state index in [0.717, 1.165) is 6.42 Å². The van der Waals surface area contributed by atoms with Gasteiger partial charge in [0, 0.05) is 13.6 Å². The molecule has 0 saturated heterocycles. The molecule has 0 aliphatic rings. The SMILES string of the molecule is CCCNC(=O)CNc1nc(NC)nc(-n2cncn2)n1. The van der Waals surface area contributed by atoms with Crippen molar-refractivity contribution in [2.75, 3.05) is 30.8 Å². The summed E-state index contributed by atoms with van der Waals surface area (Å²) in [5.74, 6) is 0.840. The van der Waals surface area contributed by atoms with Gasteiger partial charge in [0.1, 0.15) is 12.7 Å². The van der Waals surface area contributed by atoms with Gasteiger partial charge in [-0.15, -0.1) is 0 Å². The van der Waals surface area contributed by atoms with E-state index in [9.17, 15) is 4.79 Å². The molecular weight excluding hydrogens is 274 g/mol. The third-order valence-corrected chi connectivity index (χ3v) is 2.45. The monoisotopic (exact) mass is 291 g/mol. The molecule has 0 aliphatic heterocycles. The van der Waals surface area contributed by atoms with E-state index in [1.54, 1.807) is 7.05 Å². The molecule has 21 heavy (non-hydrogen) atoms. The highest BCUT2D eigenvalue weighted by atomic mass is 16.1. The second-order valence-corrected chi connectivity index (χ2v) is 4.08. The van der Waals surface area contributed by atoms with Crippen molar-refractivity contribution in [2.24, 2.45) is 0 Å². The average molecular weight is 291 g/mol. The smallest absolute Gasteiger partial charge is 0.258 e. The van der Waals surface area contributed by atoms with E-state index < -0.39 is 0 Å². The summed E-state index contributed by atoms with van der Waals surface area (Å²) in [6.45, 7) is 2.72. The lowest BCUT2D eigenvalue weighted by molar-refractivity contribution is -0.119. The van der Waals surface area contributed by atoms with Gasteiger partial charge in [0.15, 0.2) is 0 Å². The zero-order chi connectivity index (χ0) is 15.1. The molecule has 0 saturated carbocycles. The fourth-order valence-electron chi connectivity index (χ4n) is 1.46. The van der Waals surface area contributed by atoms with Crippen molar-refractivity contribution in [1.82, 2.24) is 35.0 Å². The van der Waals surface area contributed by atoms with Gasteiger partial charge in [0.25, 0.3) is 5.95 Å². The first-order valence-corrected chi connectivity index (χ1v) is 6.52. The molecule has 3 N–H and O–H groups in total. The standard InChI is InChI=1S/C11H17N9O/c1-3-4-14-8(21)5-15-10-17-9(12-2)18-11(19-10)20-7-13-6-16-20/h6-7H,3-5H2,1-2H3,(H,14,21)(H2,12,15,17,18,19). The van der Waals surface area contributed by atoms with E-state index in [-0.39, 0.29) is 18.4 Å². The van der Waals surface area contributed by atoms with Crippen LogP contribution in [0.3, 0.4) is 0 Å². The minimum Gasteiger partial charge on any atom is -0.357 e. The van der Waals surface area contributed by atoms with Crippen LogP contribution < -0.4 is 16.0 Å². The van der Waals surface area contributed by atoms with Crippen LogP contribution in [0.15, 0.2) is 12.7 Å². The van der Waals surface area contributed by atoms with Crippen molar-refractivity contribution in [3.63, 3.8) is 0 Å². The molecular formula is C11H17N9O. The predicted molar refractivity (Wildman–Crippen MR) is 76.1 cm³/mol. The lowest BCUT2D eigenvalue weighted by Gasteiger charge is -2.08. The summed E-state index contributed by atoms with van der Waals surface area (Å²) in [5.41, 5.74) is 0. The fraction of sp³-hybridized carbons (Fsp3) is 0.455. The Balaban J connectivity index is 2.08. The Morgan fingerprint density at radius 3 is 2.76 bits per heavy atom. The molecule has 2 rings (SSSR count). The second-order valence-electron chi connectivity index (χ2n) is 4.08. The Hall–Kier alpha value is -2.78. The first kappa shape index (κ1) is 14.6. The highest BCUT2D eigenvalue weighted by Gasteiger charge is 2.09. The summed E-state index contributed by atoms with van der Waals surface area (Å²) in [4.78, 5) is 27.9. The number of nitrogens with zero attached hydrogens (tertiary/aromatic N) is 6. The summed E-state index contributed by atoms with van der Waals surface area (Å²) >= 11 is 0. The number of nitrogens with one attached hydrogen (secondary N) is 3. The first-order valence-electron chi connectivity index (χ1n) is 6.52. The number of amides is 1. The largest absolute Gasteiger partial charge is 0.357 e. The van der Waals surface area contributed by atoms with E-state index in [1.807, 2.05) is 6.92 Å². The Morgan fingerprint density at radius 1 is 1.29 bits per heavy atom. The van der Waals surface area contributed by atoms with Crippen molar-refractivity contribution in [2.45, 2.75) is 13.3 Å². The van der Waals surface area contributed by atoms with Gasteiger partial charge in [-0.2, -0.15) is 24.7 Å². The van der Waals surface area contributed by atoms with Crippen molar-refractivity contribution in [3.8, 4) is 5.95 Å². The molecule has 0 atom stereocenters. The maximum Gasteiger partial charge on any atom is 0.258 e. The molecule has 1 amide bonds. The molecule has 0 radical (unpaired) electrons. The molecule has 0 aromatic carbocycles. The summed E-state index contributed by atoms with van der Waals surface area (Å²) < 4.78 is 1.41. The molecule has 0 aliphatic carbocycles. The highest BCUT2D eigenvalue weighted by Crippen LogP contribution is 2.07. The van der Waals surface area contributed by atoms with Gasteiger partial charge in [-0.3, -0.25) is 4.79 Å². The maximum atomic E-state index is 11.6. The van der Waals surface area contributed by atoms with E-state index in [0.29, 0.717) is 18.4 Å². The normalized spacial score (nSPS) is 10.2. The van der Waals surface area contributed by atoms with Crippen molar-refractivity contribution < 1.29 is 4.79 Å². The van der Waals surface area contributed by atoms with Crippen LogP contribution in [-0.4, -0.2) is 55.8 Å². The van der Waals surface area contributed by atoms with E-state index >= 15 is 0 Å². The number of carbonyl (C=O) groups is 1. The third-order valence-electron chi connectivity index (χ3n) is 2.45. The van der Waals surface area contributed by atoms with E-state index in [4.69, 9.17) is 0 Å². The Morgan fingerprint density at radius 2 is 2.10 bits per heavy atom. The summed E-state index contributed by atoms with van der Waals surface area (Å²) in [6.07, 6.45) is 3.75. The van der Waals surface area contributed by atoms with Gasteiger partial charge in [-0.25, -0.2) is 4.98 Å². The van der Waals surface area contributed by atoms with Crippen LogP contribution in [0.2, 0.25) is 0 Å².